The van der Waals surface area contributed by atoms with E-state index in [-0.39, 0.29) is 9.80 Å². The maximum atomic E-state index is 12.7. The zero-order chi connectivity index (χ0) is 12.5. The first-order chi connectivity index (χ1) is 8.00. The van der Waals surface area contributed by atoms with Crippen molar-refractivity contribution in [1.82, 2.24) is 0 Å². The first-order valence-corrected chi connectivity index (χ1v) is 7.16. The van der Waals surface area contributed by atoms with Crippen LogP contribution in [0.4, 0.5) is 4.39 Å². The molecule has 0 fully saturated rings. The van der Waals surface area contributed by atoms with Crippen molar-refractivity contribution in [1.29, 1.82) is 0 Å². The molecule has 0 heterocycles. The molecule has 17 heavy (non-hydrogen) atoms. The van der Waals surface area contributed by atoms with Crippen molar-refractivity contribution < 1.29 is 12.8 Å². The van der Waals surface area contributed by atoms with Crippen molar-refractivity contribution in [2.45, 2.75) is 4.90 Å². The lowest BCUT2D eigenvalue weighted by molar-refractivity contribution is 0.601. The molecular formula is C12H6FIO2S. The number of hydrogen-bond acceptors (Lipinski definition) is 2. The van der Waals surface area contributed by atoms with Crippen LogP contribution in [0.1, 0.15) is 0 Å². The Morgan fingerprint density at radius 1 is 1.06 bits per heavy atom. The van der Waals surface area contributed by atoms with Crippen LogP contribution >= 0.6 is 22.6 Å². The monoisotopic (exact) mass is 360 g/mol. The van der Waals surface area contributed by atoms with E-state index in [1.54, 1.807) is 6.08 Å². The van der Waals surface area contributed by atoms with E-state index in [4.69, 9.17) is 0 Å². The molecule has 1 aromatic rings. The summed E-state index contributed by atoms with van der Waals surface area (Å²) in [4.78, 5) is 0.0780. The Hall–Kier alpha value is -1.13. The predicted octanol–water partition coefficient (Wildman–Crippen LogP) is 3.13. The van der Waals surface area contributed by atoms with Gasteiger partial charge in [0.1, 0.15) is 10.7 Å². The van der Waals surface area contributed by atoms with Crippen molar-refractivity contribution in [3.8, 4) is 0 Å². The summed E-state index contributed by atoms with van der Waals surface area (Å²) in [7, 11) is -3.63. The van der Waals surface area contributed by atoms with E-state index in [1.807, 2.05) is 22.6 Å². The predicted molar refractivity (Wildman–Crippen MR) is 70.8 cm³/mol. The summed E-state index contributed by atoms with van der Waals surface area (Å²) in [6, 6.07) is 4.69. The van der Waals surface area contributed by atoms with Crippen molar-refractivity contribution in [3.05, 3.63) is 62.2 Å². The molecule has 0 bridgehead atoms. The van der Waals surface area contributed by atoms with Gasteiger partial charge < -0.3 is 0 Å². The van der Waals surface area contributed by atoms with E-state index in [9.17, 15) is 12.8 Å². The van der Waals surface area contributed by atoms with Gasteiger partial charge in [-0.05, 0) is 64.7 Å². The molecule has 0 amide bonds. The maximum Gasteiger partial charge on any atom is 0.214 e. The third kappa shape index (κ3) is 2.58. The molecule has 5 heteroatoms. The molecule has 86 valence electrons. The molecular weight excluding hydrogens is 354 g/mol. The van der Waals surface area contributed by atoms with Crippen LogP contribution in [-0.2, 0) is 9.84 Å². The minimum atomic E-state index is -3.63. The molecule has 0 saturated heterocycles. The quantitative estimate of drug-likeness (QED) is 0.461. The lowest BCUT2D eigenvalue weighted by Gasteiger charge is -2.03. The Morgan fingerprint density at radius 2 is 1.71 bits per heavy atom. The summed E-state index contributed by atoms with van der Waals surface area (Å²) in [5.74, 6) is -0.470. The van der Waals surface area contributed by atoms with Gasteiger partial charge in [0, 0.05) is 0 Å². The third-order valence-corrected chi connectivity index (χ3v) is 4.44. The second-order valence-corrected chi connectivity index (χ2v) is 6.33. The van der Waals surface area contributed by atoms with Gasteiger partial charge in [-0.15, -0.1) is 0 Å². The Labute approximate surface area is 112 Å². The van der Waals surface area contributed by atoms with Crippen LogP contribution in [0, 0.1) is 5.82 Å². The van der Waals surface area contributed by atoms with Crippen LogP contribution < -0.4 is 0 Å². The van der Waals surface area contributed by atoms with E-state index < -0.39 is 15.7 Å². The zero-order valence-corrected chi connectivity index (χ0v) is 11.4. The normalized spacial score (nSPS) is 14.5. The molecule has 2 nitrogen and oxygen atoms in total. The fourth-order valence-electron chi connectivity index (χ4n) is 1.25. The van der Waals surface area contributed by atoms with Gasteiger partial charge in [0.2, 0.25) is 9.84 Å². The molecule has 1 aromatic carbocycles. The first-order valence-electron chi connectivity index (χ1n) is 4.60. The van der Waals surface area contributed by atoms with Gasteiger partial charge in [0.15, 0.2) is 0 Å². The Morgan fingerprint density at radius 3 is 2.24 bits per heavy atom. The van der Waals surface area contributed by atoms with Gasteiger partial charge in [0.25, 0.3) is 0 Å². The number of allylic oxidation sites excluding steroid dienone is 3. The number of sulfone groups is 1. The molecule has 0 radical (unpaired) electrons. The van der Waals surface area contributed by atoms with Crippen LogP contribution in [0.25, 0.3) is 0 Å². The van der Waals surface area contributed by atoms with Crippen molar-refractivity contribution in [3.63, 3.8) is 0 Å². The average molecular weight is 360 g/mol. The summed E-state index contributed by atoms with van der Waals surface area (Å²) in [5, 5.41) is 0. The van der Waals surface area contributed by atoms with Crippen molar-refractivity contribution in [2.75, 3.05) is 0 Å². The Balaban J connectivity index is 2.57. The van der Waals surface area contributed by atoms with Crippen LogP contribution in [0.3, 0.4) is 0 Å². The second kappa shape index (κ2) is 4.63. The van der Waals surface area contributed by atoms with Gasteiger partial charge in [-0.1, -0.05) is 5.73 Å². The summed E-state index contributed by atoms with van der Waals surface area (Å²) < 4.78 is 37.7. The van der Waals surface area contributed by atoms with Crippen LogP contribution in [-0.4, -0.2) is 8.42 Å². The van der Waals surface area contributed by atoms with E-state index in [1.165, 1.54) is 18.2 Å². The van der Waals surface area contributed by atoms with E-state index in [0.29, 0.717) is 0 Å². The topological polar surface area (TPSA) is 34.1 Å². The van der Waals surface area contributed by atoms with Gasteiger partial charge in [-0.25, -0.2) is 12.8 Å². The highest BCUT2D eigenvalue weighted by Crippen LogP contribution is 2.22. The molecule has 0 spiro atoms. The van der Waals surface area contributed by atoms with Gasteiger partial charge in [0.05, 0.1) is 8.48 Å². The minimum Gasteiger partial charge on any atom is -0.218 e. The lowest BCUT2D eigenvalue weighted by Crippen LogP contribution is -2.03. The summed E-state index contributed by atoms with van der Waals surface area (Å²) in [6.45, 7) is 0. The van der Waals surface area contributed by atoms with E-state index >= 15 is 0 Å². The van der Waals surface area contributed by atoms with E-state index in [2.05, 4.69) is 11.5 Å². The molecule has 0 aromatic heterocycles. The number of benzene rings is 1. The molecule has 0 unspecified atom stereocenters. The Bertz CT molecular complexity index is 687. The smallest absolute Gasteiger partial charge is 0.214 e. The molecule has 1 aliphatic rings. The lowest BCUT2D eigenvalue weighted by atomic mass is 10.3. The highest BCUT2D eigenvalue weighted by atomic mass is 127. The fraction of sp³-hybridized carbons (Fsp3) is 0. The highest BCUT2D eigenvalue weighted by molar-refractivity contribution is 14.1. The molecule has 2 rings (SSSR count). The minimum absolute atomic E-state index is 0.0320. The summed E-state index contributed by atoms with van der Waals surface area (Å²) >= 11 is 2.01. The molecule has 0 N–H and O–H groups in total. The molecule has 0 saturated carbocycles. The standard InChI is InChI=1S/C12H6FIO2S/c13-9-1-5-11(6-2-9)17(15,16)12-7-3-10(14)4-8-12/h1-3,5-7H. The van der Waals surface area contributed by atoms with Crippen LogP contribution in [0.2, 0.25) is 0 Å². The van der Waals surface area contributed by atoms with Gasteiger partial charge in [-0.3, -0.25) is 0 Å². The summed E-state index contributed by atoms with van der Waals surface area (Å²) in [6.07, 6.45) is 3.09. The first kappa shape index (κ1) is 12.3. The second-order valence-electron chi connectivity index (χ2n) is 3.25. The average Bonchev–Trinajstić information content (AvgIpc) is 2.30. The number of rotatable bonds is 2. The zero-order valence-electron chi connectivity index (χ0n) is 8.44. The SMILES string of the molecule is O=S(=O)(C1=C=C=C(I)C=C1)c1ccc(F)cc1. The number of halogens is 2. The highest BCUT2D eigenvalue weighted by Gasteiger charge is 2.19. The fourth-order valence-corrected chi connectivity index (χ4v) is 2.75. The number of hydrogen-bond donors (Lipinski definition) is 0. The van der Waals surface area contributed by atoms with Gasteiger partial charge in [-0.2, -0.15) is 0 Å². The van der Waals surface area contributed by atoms with Crippen LogP contribution in [0.5, 0.6) is 0 Å². The van der Waals surface area contributed by atoms with Gasteiger partial charge >= 0.3 is 0 Å². The van der Waals surface area contributed by atoms with Crippen molar-refractivity contribution in [2.24, 2.45) is 0 Å². The Kier molecular flexibility index (Phi) is 3.35. The summed E-state index contributed by atoms with van der Waals surface area (Å²) in [5.41, 5.74) is 5.27. The van der Waals surface area contributed by atoms with E-state index in [0.717, 1.165) is 15.7 Å². The molecule has 0 atom stereocenters. The van der Waals surface area contributed by atoms with Crippen LogP contribution in [0.15, 0.2) is 61.3 Å². The maximum absolute atomic E-state index is 12.7. The largest absolute Gasteiger partial charge is 0.218 e. The molecule has 0 aliphatic heterocycles. The molecule has 1 aliphatic carbocycles. The van der Waals surface area contributed by atoms with Crippen molar-refractivity contribution >= 4 is 32.4 Å². The third-order valence-electron chi connectivity index (χ3n) is 2.10.